The number of nitrogens with one attached hydrogen (secondary N) is 2. The van der Waals surface area contributed by atoms with Gasteiger partial charge in [-0.1, -0.05) is 18.2 Å². The molecule has 4 N–H and O–H groups in total. The summed E-state index contributed by atoms with van der Waals surface area (Å²) in [7, 11) is 0. The molecule has 0 radical (unpaired) electrons. The lowest BCUT2D eigenvalue weighted by atomic mass is 9.93. The zero-order valence-electron chi connectivity index (χ0n) is 15.9. The van der Waals surface area contributed by atoms with E-state index in [9.17, 15) is 15.0 Å². The van der Waals surface area contributed by atoms with Crippen molar-refractivity contribution in [3.63, 3.8) is 0 Å². The van der Waals surface area contributed by atoms with Crippen molar-refractivity contribution in [3.8, 4) is 0 Å². The lowest BCUT2D eigenvalue weighted by Crippen LogP contribution is -2.29. The number of aliphatic hydroxyl groups is 2. The summed E-state index contributed by atoms with van der Waals surface area (Å²) in [5.41, 5.74) is 1.45. The van der Waals surface area contributed by atoms with Gasteiger partial charge in [0.05, 0.1) is 29.5 Å². The number of carbonyl (C=O) groups excluding carboxylic acids is 1. The molecule has 1 aliphatic rings. The van der Waals surface area contributed by atoms with Crippen molar-refractivity contribution < 1.29 is 15.0 Å². The third-order valence-electron chi connectivity index (χ3n) is 5.10. The molecule has 0 bridgehead atoms. The third kappa shape index (κ3) is 4.49. The van der Waals surface area contributed by atoms with Crippen LogP contribution < -0.4 is 10.6 Å². The molecule has 1 fully saturated rings. The number of para-hydroxylation sites is 1. The smallest absolute Gasteiger partial charge is 0.259 e. The summed E-state index contributed by atoms with van der Waals surface area (Å²) >= 11 is 0. The molecule has 0 spiro atoms. The molecular formula is C21H23N5O3. The molecular weight excluding hydrogens is 370 g/mol. The molecule has 2 heterocycles. The van der Waals surface area contributed by atoms with Gasteiger partial charge >= 0.3 is 0 Å². The maximum Gasteiger partial charge on any atom is 0.259 e. The number of benzene rings is 1. The predicted molar refractivity (Wildman–Crippen MR) is 110 cm³/mol. The summed E-state index contributed by atoms with van der Waals surface area (Å²) in [6.45, 7) is -0.196. The highest BCUT2D eigenvalue weighted by atomic mass is 16.3. The minimum absolute atomic E-state index is 0.196. The number of hydrogen-bond acceptors (Lipinski definition) is 7. The fraction of sp³-hybridized carbons (Fsp3) is 0.333. The first-order valence-corrected chi connectivity index (χ1v) is 9.71. The molecule has 1 amide bonds. The molecule has 4 rings (SSSR count). The second kappa shape index (κ2) is 8.50. The highest BCUT2D eigenvalue weighted by Gasteiger charge is 2.20. The number of carbonyl (C=O) groups is 1. The van der Waals surface area contributed by atoms with Gasteiger partial charge in [-0.05, 0) is 43.9 Å². The molecule has 1 aromatic carbocycles. The Morgan fingerprint density at radius 3 is 2.66 bits per heavy atom. The van der Waals surface area contributed by atoms with Gasteiger partial charge in [0.1, 0.15) is 5.82 Å². The topological polar surface area (TPSA) is 120 Å². The first-order valence-electron chi connectivity index (χ1n) is 9.71. The zero-order chi connectivity index (χ0) is 20.2. The largest absolute Gasteiger partial charge is 0.393 e. The van der Waals surface area contributed by atoms with Crippen LogP contribution in [0.4, 0.5) is 11.8 Å². The van der Waals surface area contributed by atoms with Crippen LogP contribution in [-0.2, 0) is 6.61 Å². The SMILES string of the molecule is O=C(Nc1cccc(CO)n1)c1cccc2cnc(NC3CCC(O)CC3)nc12. The molecule has 1 saturated carbocycles. The molecule has 0 saturated heterocycles. The Labute approximate surface area is 168 Å². The van der Waals surface area contributed by atoms with E-state index in [-0.39, 0.29) is 24.7 Å². The number of aromatic nitrogens is 3. The van der Waals surface area contributed by atoms with Gasteiger partial charge in [0.15, 0.2) is 0 Å². The van der Waals surface area contributed by atoms with Crippen molar-refractivity contribution in [2.24, 2.45) is 0 Å². The van der Waals surface area contributed by atoms with Gasteiger partial charge in [-0.3, -0.25) is 4.79 Å². The van der Waals surface area contributed by atoms with E-state index < -0.39 is 0 Å². The predicted octanol–water partition coefficient (Wildman–Crippen LogP) is 2.48. The number of pyridine rings is 1. The van der Waals surface area contributed by atoms with Crippen LogP contribution in [0.3, 0.4) is 0 Å². The number of anilines is 2. The van der Waals surface area contributed by atoms with Gasteiger partial charge < -0.3 is 20.8 Å². The Morgan fingerprint density at radius 1 is 1.07 bits per heavy atom. The van der Waals surface area contributed by atoms with Crippen LogP contribution in [0, 0.1) is 0 Å². The molecule has 0 atom stereocenters. The maximum atomic E-state index is 12.8. The van der Waals surface area contributed by atoms with E-state index in [1.54, 1.807) is 36.5 Å². The van der Waals surface area contributed by atoms with Crippen LogP contribution in [0.5, 0.6) is 0 Å². The molecule has 29 heavy (non-hydrogen) atoms. The van der Waals surface area contributed by atoms with Crippen LogP contribution in [0.25, 0.3) is 10.9 Å². The number of aliphatic hydroxyl groups excluding tert-OH is 2. The van der Waals surface area contributed by atoms with Gasteiger partial charge in [0.25, 0.3) is 5.91 Å². The quantitative estimate of drug-likeness (QED) is 0.525. The molecule has 3 aromatic rings. The standard InChI is InChI=1S/C21H23N5O3/c27-12-15-4-2-6-18(23-15)25-20(29)17-5-1-3-13-11-22-21(26-19(13)17)24-14-7-9-16(28)10-8-14/h1-6,11,14,16,27-28H,7-10,12H2,(H,22,24,26)(H,23,25,29). The van der Waals surface area contributed by atoms with Crippen molar-refractivity contribution in [2.45, 2.75) is 44.4 Å². The van der Waals surface area contributed by atoms with Gasteiger partial charge in [-0.15, -0.1) is 0 Å². The highest BCUT2D eigenvalue weighted by Crippen LogP contribution is 2.23. The normalized spacial score (nSPS) is 19.1. The number of nitrogens with zero attached hydrogens (tertiary/aromatic N) is 3. The second-order valence-corrected chi connectivity index (χ2v) is 7.21. The summed E-state index contributed by atoms with van der Waals surface area (Å²) in [5, 5.41) is 25.7. The highest BCUT2D eigenvalue weighted by molar-refractivity contribution is 6.11. The molecule has 0 aliphatic heterocycles. The minimum atomic E-state index is -0.330. The number of fused-ring (bicyclic) bond motifs is 1. The van der Waals surface area contributed by atoms with Crippen LogP contribution in [0.1, 0.15) is 41.7 Å². The average Bonchev–Trinajstić information content (AvgIpc) is 2.75. The summed E-state index contributed by atoms with van der Waals surface area (Å²) in [6.07, 6.45) is 4.72. The Kier molecular flexibility index (Phi) is 5.64. The Bertz CT molecular complexity index is 1020. The average molecular weight is 393 g/mol. The minimum Gasteiger partial charge on any atom is -0.393 e. The van der Waals surface area contributed by atoms with E-state index in [1.165, 1.54) is 0 Å². The molecule has 150 valence electrons. The van der Waals surface area contributed by atoms with E-state index in [0.717, 1.165) is 31.1 Å². The molecule has 8 heteroatoms. The Balaban J connectivity index is 1.57. The lowest BCUT2D eigenvalue weighted by molar-refractivity contribution is 0.102. The van der Waals surface area contributed by atoms with Gasteiger partial charge in [0.2, 0.25) is 5.95 Å². The van der Waals surface area contributed by atoms with Crippen molar-refractivity contribution in [3.05, 3.63) is 53.9 Å². The van der Waals surface area contributed by atoms with Crippen LogP contribution >= 0.6 is 0 Å². The number of hydrogen-bond donors (Lipinski definition) is 4. The first-order chi connectivity index (χ1) is 14.1. The van der Waals surface area contributed by atoms with Gasteiger partial charge in [-0.25, -0.2) is 15.0 Å². The molecule has 1 aliphatic carbocycles. The fourth-order valence-electron chi connectivity index (χ4n) is 3.53. The van der Waals surface area contributed by atoms with E-state index in [2.05, 4.69) is 25.6 Å². The lowest BCUT2D eigenvalue weighted by Gasteiger charge is -2.26. The van der Waals surface area contributed by atoms with E-state index >= 15 is 0 Å². The van der Waals surface area contributed by atoms with Crippen molar-refractivity contribution in [2.75, 3.05) is 10.6 Å². The first kappa shape index (κ1) is 19.2. The van der Waals surface area contributed by atoms with Crippen molar-refractivity contribution >= 4 is 28.6 Å². The van der Waals surface area contributed by atoms with Crippen molar-refractivity contribution in [1.29, 1.82) is 0 Å². The van der Waals surface area contributed by atoms with Crippen LogP contribution in [0.2, 0.25) is 0 Å². The molecule has 0 unspecified atom stereocenters. The van der Waals surface area contributed by atoms with Gasteiger partial charge in [-0.2, -0.15) is 0 Å². The van der Waals surface area contributed by atoms with Crippen LogP contribution in [0.15, 0.2) is 42.6 Å². The van der Waals surface area contributed by atoms with Gasteiger partial charge in [0, 0.05) is 17.6 Å². The monoisotopic (exact) mass is 393 g/mol. The zero-order valence-corrected chi connectivity index (χ0v) is 15.9. The second-order valence-electron chi connectivity index (χ2n) is 7.21. The van der Waals surface area contributed by atoms with Crippen molar-refractivity contribution in [1.82, 2.24) is 15.0 Å². The molecule has 2 aromatic heterocycles. The Morgan fingerprint density at radius 2 is 1.86 bits per heavy atom. The Hall–Kier alpha value is -3.10. The molecule has 8 nitrogen and oxygen atoms in total. The van der Waals surface area contributed by atoms with E-state index in [1.807, 2.05) is 6.07 Å². The fourth-order valence-corrected chi connectivity index (χ4v) is 3.53. The maximum absolute atomic E-state index is 12.8. The summed E-state index contributed by atoms with van der Waals surface area (Å²) in [6, 6.07) is 10.6. The third-order valence-corrected chi connectivity index (χ3v) is 5.10. The summed E-state index contributed by atoms with van der Waals surface area (Å²) in [5.74, 6) is 0.509. The van der Waals surface area contributed by atoms with Crippen LogP contribution in [-0.4, -0.2) is 43.2 Å². The summed E-state index contributed by atoms with van der Waals surface area (Å²) < 4.78 is 0. The van der Waals surface area contributed by atoms with E-state index in [4.69, 9.17) is 0 Å². The van der Waals surface area contributed by atoms with E-state index in [0.29, 0.717) is 28.5 Å². The number of rotatable bonds is 5. The number of amides is 1. The summed E-state index contributed by atoms with van der Waals surface area (Å²) in [4.78, 5) is 26.0.